The van der Waals surface area contributed by atoms with E-state index in [1.54, 1.807) is 23.3 Å². The van der Waals surface area contributed by atoms with Crippen molar-refractivity contribution in [3.05, 3.63) is 59.6 Å². The summed E-state index contributed by atoms with van der Waals surface area (Å²) in [7, 11) is 0. The SMILES string of the molecule is Cc1cccc(CNC(=O)c2cn(-c3nc(NC4CCOCC4)ncc3C)cn2)n1. The monoisotopic (exact) mass is 407 g/mol. The Kier molecular flexibility index (Phi) is 5.99. The Hall–Kier alpha value is -3.33. The smallest absolute Gasteiger partial charge is 0.271 e. The van der Waals surface area contributed by atoms with E-state index in [1.165, 1.54) is 0 Å². The third-order valence-corrected chi connectivity index (χ3v) is 4.94. The van der Waals surface area contributed by atoms with Gasteiger partial charge in [0, 0.05) is 42.9 Å². The Morgan fingerprint density at radius 3 is 2.83 bits per heavy atom. The van der Waals surface area contributed by atoms with Crippen LogP contribution in [0.3, 0.4) is 0 Å². The van der Waals surface area contributed by atoms with Crippen molar-refractivity contribution in [1.82, 2.24) is 29.8 Å². The molecule has 0 unspecified atom stereocenters. The lowest BCUT2D eigenvalue weighted by Gasteiger charge is -2.23. The molecule has 30 heavy (non-hydrogen) atoms. The fraction of sp³-hybridized carbons (Fsp3) is 0.381. The lowest BCUT2D eigenvalue weighted by molar-refractivity contribution is 0.0903. The van der Waals surface area contributed by atoms with Gasteiger partial charge in [0.15, 0.2) is 0 Å². The van der Waals surface area contributed by atoms with Gasteiger partial charge in [-0.25, -0.2) is 9.97 Å². The number of rotatable bonds is 6. The first-order valence-electron chi connectivity index (χ1n) is 10.0. The van der Waals surface area contributed by atoms with Gasteiger partial charge in [0.1, 0.15) is 17.8 Å². The molecular weight excluding hydrogens is 382 g/mol. The van der Waals surface area contributed by atoms with Gasteiger partial charge in [-0.2, -0.15) is 4.98 Å². The number of imidazole rings is 1. The predicted molar refractivity (Wildman–Crippen MR) is 111 cm³/mol. The Morgan fingerprint density at radius 1 is 1.20 bits per heavy atom. The second-order valence-corrected chi connectivity index (χ2v) is 7.35. The van der Waals surface area contributed by atoms with E-state index in [-0.39, 0.29) is 5.91 Å². The van der Waals surface area contributed by atoms with Crippen LogP contribution in [0.4, 0.5) is 5.95 Å². The molecule has 9 heteroatoms. The van der Waals surface area contributed by atoms with Crippen LogP contribution in [0.15, 0.2) is 36.9 Å². The van der Waals surface area contributed by atoms with Crippen LogP contribution in [0.25, 0.3) is 5.82 Å². The Labute approximate surface area is 174 Å². The minimum atomic E-state index is -0.260. The highest BCUT2D eigenvalue weighted by Crippen LogP contribution is 2.16. The van der Waals surface area contributed by atoms with E-state index < -0.39 is 0 Å². The molecule has 3 aromatic rings. The first kappa shape index (κ1) is 20.0. The number of carbonyl (C=O) groups is 1. The van der Waals surface area contributed by atoms with Crippen LogP contribution in [0, 0.1) is 13.8 Å². The maximum Gasteiger partial charge on any atom is 0.271 e. The summed E-state index contributed by atoms with van der Waals surface area (Å²) in [4.78, 5) is 30.1. The van der Waals surface area contributed by atoms with E-state index in [0.717, 1.165) is 43.0 Å². The first-order valence-corrected chi connectivity index (χ1v) is 10.0. The van der Waals surface area contributed by atoms with E-state index in [1.807, 2.05) is 32.0 Å². The Morgan fingerprint density at radius 2 is 2.03 bits per heavy atom. The second-order valence-electron chi connectivity index (χ2n) is 7.35. The highest BCUT2D eigenvalue weighted by atomic mass is 16.5. The van der Waals surface area contributed by atoms with Crippen LogP contribution in [-0.2, 0) is 11.3 Å². The molecule has 1 fully saturated rings. The molecule has 0 atom stereocenters. The second kappa shape index (κ2) is 9.00. The van der Waals surface area contributed by atoms with Gasteiger partial charge in [0.2, 0.25) is 5.95 Å². The van der Waals surface area contributed by atoms with Gasteiger partial charge in [-0.15, -0.1) is 0 Å². The van der Waals surface area contributed by atoms with Crippen molar-refractivity contribution in [1.29, 1.82) is 0 Å². The minimum absolute atomic E-state index is 0.260. The summed E-state index contributed by atoms with van der Waals surface area (Å²) in [5.74, 6) is 0.989. The molecule has 3 aromatic heterocycles. The molecule has 0 aromatic carbocycles. The topological polar surface area (TPSA) is 107 Å². The minimum Gasteiger partial charge on any atom is -0.381 e. The number of ether oxygens (including phenoxy) is 1. The van der Waals surface area contributed by atoms with Crippen molar-refractivity contribution in [3.8, 4) is 5.82 Å². The highest BCUT2D eigenvalue weighted by molar-refractivity contribution is 5.92. The average Bonchev–Trinajstić information content (AvgIpc) is 3.24. The molecule has 9 nitrogen and oxygen atoms in total. The zero-order valence-electron chi connectivity index (χ0n) is 17.1. The number of anilines is 1. The third-order valence-electron chi connectivity index (χ3n) is 4.94. The number of amides is 1. The largest absolute Gasteiger partial charge is 0.381 e. The van der Waals surface area contributed by atoms with Crippen LogP contribution in [0.5, 0.6) is 0 Å². The first-order chi connectivity index (χ1) is 14.6. The molecule has 4 heterocycles. The summed E-state index contributed by atoms with van der Waals surface area (Å²) in [6.45, 7) is 5.68. The van der Waals surface area contributed by atoms with Crippen molar-refractivity contribution < 1.29 is 9.53 Å². The third kappa shape index (κ3) is 4.80. The lowest BCUT2D eigenvalue weighted by atomic mass is 10.1. The summed E-state index contributed by atoms with van der Waals surface area (Å²) >= 11 is 0. The molecule has 1 saturated heterocycles. The molecule has 0 bridgehead atoms. The Bertz CT molecular complexity index is 1030. The van der Waals surface area contributed by atoms with Crippen molar-refractivity contribution in [2.24, 2.45) is 0 Å². The molecule has 0 aliphatic carbocycles. The van der Waals surface area contributed by atoms with E-state index in [2.05, 4.69) is 30.6 Å². The van der Waals surface area contributed by atoms with Crippen LogP contribution in [0.1, 0.15) is 40.3 Å². The fourth-order valence-electron chi connectivity index (χ4n) is 3.30. The summed E-state index contributed by atoms with van der Waals surface area (Å²) in [5, 5.41) is 6.22. The zero-order chi connectivity index (χ0) is 20.9. The molecule has 0 spiro atoms. The lowest BCUT2D eigenvalue weighted by Crippen LogP contribution is -2.28. The highest BCUT2D eigenvalue weighted by Gasteiger charge is 2.16. The van der Waals surface area contributed by atoms with E-state index in [9.17, 15) is 4.79 Å². The number of nitrogens with zero attached hydrogens (tertiary/aromatic N) is 5. The molecule has 4 rings (SSSR count). The Balaban J connectivity index is 1.44. The average molecular weight is 407 g/mol. The van der Waals surface area contributed by atoms with Gasteiger partial charge in [-0.3, -0.25) is 14.3 Å². The maximum atomic E-state index is 12.5. The van der Waals surface area contributed by atoms with Crippen molar-refractivity contribution in [2.45, 2.75) is 39.3 Å². The summed E-state index contributed by atoms with van der Waals surface area (Å²) < 4.78 is 7.14. The molecule has 156 valence electrons. The number of pyridine rings is 1. The van der Waals surface area contributed by atoms with Gasteiger partial charge in [0.25, 0.3) is 5.91 Å². The van der Waals surface area contributed by atoms with E-state index in [4.69, 9.17) is 4.74 Å². The molecule has 2 N–H and O–H groups in total. The molecular formula is C21H25N7O2. The van der Waals surface area contributed by atoms with E-state index >= 15 is 0 Å². The van der Waals surface area contributed by atoms with E-state index in [0.29, 0.717) is 30.0 Å². The molecule has 0 saturated carbocycles. The maximum absolute atomic E-state index is 12.5. The molecule has 1 amide bonds. The molecule has 1 aliphatic rings. The molecule has 0 radical (unpaired) electrons. The van der Waals surface area contributed by atoms with Gasteiger partial charge < -0.3 is 15.4 Å². The standard InChI is InChI=1S/C21H25N7O2/c1-14-10-23-21(26-16-6-8-30-9-7-16)27-19(14)28-12-18(24-13-28)20(29)22-11-17-5-3-4-15(2)25-17/h3-5,10,12-13,16H,6-9,11H2,1-2H3,(H,22,29)(H,23,26,27). The number of aryl methyl sites for hydroxylation is 2. The van der Waals surface area contributed by atoms with Gasteiger partial charge in [-0.1, -0.05) is 6.07 Å². The van der Waals surface area contributed by atoms with Crippen LogP contribution < -0.4 is 10.6 Å². The quantitative estimate of drug-likeness (QED) is 0.645. The predicted octanol–water partition coefficient (Wildman–Crippen LogP) is 2.20. The van der Waals surface area contributed by atoms with Gasteiger partial charge in [0.05, 0.1) is 12.2 Å². The van der Waals surface area contributed by atoms with Crippen molar-refractivity contribution in [3.63, 3.8) is 0 Å². The fourth-order valence-corrected chi connectivity index (χ4v) is 3.30. The van der Waals surface area contributed by atoms with Gasteiger partial charge in [-0.05, 0) is 38.8 Å². The van der Waals surface area contributed by atoms with Crippen LogP contribution in [-0.4, -0.2) is 49.7 Å². The number of nitrogens with one attached hydrogen (secondary N) is 2. The normalized spacial score (nSPS) is 14.5. The number of aromatic nitrogens is 5. The summed E-state index contributed by atoms with van der Waals surface area (Å²) in [5.41, 5.74) is 2.93. The number of carbonyl (C=O) groups excluding carboxylic acids is 1. The number of hydrogen-bond donors (Lipinski definition) is 2. The van der Waals surface area contributed by atoms with Crippen LogP contribution in [0.2, 0.25) is 0 Å². The van der Waals surface area contributed by atoms with Crippen LogP contribution >= 0.6 is 0 Å². The number of hydrogen-bond acceptors (Lipinski definition) is 7. The zero-order valence-corrected chi connectivity index (χ0v) is 17.1. The van der Waals surface area contributed by atoms with Crippen molar-refractivity contribution >= 4 is 11.9 Å². The summed E-state index contributed by atoms with van der Waals surface area (Å²) in [6.07, 6.45) is 6.89. The van der Waals surface area contributed by atoms with Gasteiger partial charge >= 0.3 is 0 Å². The summed E-state index contributed by atoms with van der Waals surface area (Å²) in [6, 6.07) is 6.02. The molecule has 1 aliphatic heterocycles. The van der Waals surface area contributed by atoms with Crippen molar-refractivity contribution in [2.75, 3.05) is 18.5 Å².